The smallest absolute Gasteiger partial charge is 0.416 e. The van der Waals surface area contributed by atoms with Gasteiger partial charge in [0.25, 0.3) is 0 Å². The largest absolute Gasteiger partial charge is 0.486 e. The van der Waals surface area contributed by atoms with Crippen LogP contribution in [0, 0.1) is 0 Å². The monoisotopic (exact) mass is 439 g/mol. The van der Waals surface area contributed by atoms with Crippen LogP contribution in [0.4, 0.5) is 13.2 Å². The summed E-state index contributed by atoms with van der Waals surface area (Å²) in [7, 11) is -2.99. The highest BCUT2D eigenvalue weighted by atomic mass is 28.4. The fraction of sp³-hybridized carbons (Fsp3) is 0.455. The van der Waals surface area contributed by atoms with Crippen LogP contribution in [0.3, 0.4) is 0 Å². The molecule has 2 aromatic carbocycles. The van der Waals surface area contributed by atoms with Crippen LogP contribution in [0.5, 0.6) is 5.75 Å². The van der Waals surface area contributed by atoms with Crippen LogP contribution < -0.4 is 4.74 Å². The minimum Gasteiger partial charge on any atom is -0.486 e. The van der Waals surface area contributed by atoms with E-state index in [2.05, 4.69) is 43.5 Å². The first-order valence-corrected chi connectivity index (χ1v) is 16.8. The van der Waals surface area contributed by atoms with Crippen molar-refractivity contribution in [3.8, 4) is 5.75 Å². The van der Waals surface area contributed by atoms with Crippen molar-refractivity contribution in [3.63, 3.8) is 0 Å². The Labute approximate surface area is 174 Å². The molecule has 0 heterocycles. The minimum atomic E-state index is -4.34. The first kappa shape index (κ1) is 23.7. The van der Waals surface area contributed by atoms with Gasteiger partial charge >= 0.3 is 6.18 Å². The number of hydrogen-bond acceptors (Lipinski definition) is 2. The van der Waals surface area contributed by atoms with Crippen LogP contribution >= 0.6 is 0 Å². The maximum atomic E-state index is 12.8. The number of nitrogens with zero attached hydrogens (tertiary/aromatic N) is 1. The Morgan fingerprint density at radius 3 is 1.79 bits per heavy atom. The molecule has 29 heavy (non-hydrogen) atoms. The van der Waals surface area contributed by atoms with Crippen molar-refractivity contribution in [2.45, 2.75) is 58.0 Å². The van der Waals surface area contributed by atoms with E-state index in [0.29, 0.717) is 5.75 Å². The van der Waals surface area contributed by atoms with Crippen LogP contribution in [-0.4, -0.2) is 27.2 Å². The molecule has 0 aliphatic carbocycles. The second-order valence-corrected chi connectivity index (χ2v) is 19.5. The van der Waals surface area contributed by atoms with E-state index in [0.717, 1.165) is 30.7 Å². The number of ether oxygens (including phenoxy) is 1. The number of hydrogen-bond donors (Lipinski definition) is 0. The van der Waals surface area contributed by atoms with Crippen LogP contribution in [0.2, 0.25) is 39.3 Å². The predicted octanol–water partition coefficient (Wildman–Crippen LogP) is 7.19. The molecule has 2 nitrogen and oxygen atoms in total. The summed E-state index contributed by atoms with van der Waals surface area (Å²) in [6.45, 7) is 15.1. The van der Waals surface area contributed by atoms with E-state index in [-0.39, 0.29) is 6.10 Å². The number of halogens is 3. The lowest BCUT2D eigenvalue weighted by Gasteiger charge is -2.44. The Morgan fingerprint density at radius 2 is 1.34 bits per heavy atom. The van der Waals surface area contributed by atoms with Crippen molar-refractivity contribution >= 4 is 16.5 Å². The molecule has 0 saturated heterocycles. The molecule has 0 aromatic heterocycles. The van der Waals surface area contributed by atoms with Gasteiger partial charge in [-0.05, 0) is 36.4 Å². The number of rotatable bonds is 8. The quantitative estimate of drug-likeness (QED) is 0.404. The average Bonchev–Trinajstić information content (AvgIpc) is 2.59. The molecule has 160 valence electrons. The Kier molecular flexibility index (Phi) is 7.40. The van der Waals surface area contributed by atoms with E-state index in [4.69, 9.17) is 4.74 Å². The molecular formula is C22H32F3NOSi2. The van der Waals surface area contributed by atoms with Gasteiger partial charge in [0, 0.05) is 6.42 Å². The van der Waals surface area contributed by atoms with E-state index in [1.165, 1.54) is 12.1 Å². The second-order valence-electron chi connectivity index (χ2n) is 9.32. The Morgan fingerprint density at radius 1 is 0.828 bits per heavy atom. The van der Waals surface area contributed by atoms with Crippen LogP contribution in [-0.2, 0) is 6.18 Å². The van der Waals surface area contributed by atoms with Gasteiger partial charge in [0.05, 0.1) is 5.56 Å². The third kappa shape index (κ3) is 7.01. The third-order valence-corrected chi connectivity index (χ3v) is 12.6. The van der Waals surface area contributed by atoms with Gasteiger partial charge < -0.3 is 8.97 Å². The first-order valence-electron chi connectivity index (χ1n) is 9.95. The molecule has 0 bridgehead atoms. The summed E-state index contributed by atoms with van der Waals surface area (Å²) in [5.74, 6) is 0.458. The summed E-state index contributed by atoms with van der Waals surface area (Å²) >= 11 is 0. The zero-order valence-electron chi connectivity index (χ0n) is 18.2. The van der Waals surface area contributed by atoms with Gasteiger partial charge in [-0.25, -0.2) is 0 Å². The van der Waals surface area contributed by atoms with E-state index in [9.17, 15) is 13.2 Å². The summed E-state index contributed by atoms with van der Waals surface area (Å²) in [6, 6.07) is 14.9. The van der Waals surface area contributed by atoms with E-state index in [1.807, 2.05) is 30.3 Å². The number of alkyl halides is 3. The maximum Gasteiger partial charge on any atom is 0.416 e. The van der Waals surface area contributed by atoms with Crippen LogP contribution in [0.25, 0.3) is 0 Å². The predicted molar refractivity (Wildman–Crippen MR) is 119 cm³/mol. The summed E-state index contributed by atoms with van der Waals surface area (Å²) in [5.41, 5.74) is 0.378. The second kappa shape index (κ2) is 9.06. The summed E-state index contributed by atoms with van der Waals surface area (Å²) in [4.78, 5) is 0. The lowest BCUT2D eigenvalue weighted by molar-refractivity contribution is -0.137. The fourth-order valence-electron chi connectivity index (χ4n) is 3.77. The SMILES string of the molecule is C[Si](C)(C)N(CCC(Oc1ccc(C(F)(F)F)cc1)c1ccccc1)[Si](C)(C)C. The van der Waals surface area contributed by atoms with Gasteiger partial charge in [-0.1, -0.05) is 69.6 Å². The van der Waals surface area contributed by atoms with Crippen molar-refractivity contribution < 1.29 is 17.9 Å². The average molecular weight is 440 g/mol. The van der Waals surface area contributed by atoms with Crippen LogP contribution in [0.1, 0.15) is 23.7 Å². The minimum absolute atomic E-state index is 0.205. The highest BCUT2D eigenvalue weighted by Gasteiger charge is 2.35. The van der Waals surface area contributed by atoms with Crippen LogP contribution in [0.15, 0.2) is 54.6 Å². The molecule has 0 saturated carbocycles. The standard InChI is InChI=1S/C22H32F3NOSi2/c1-28(2,3)26(29(4,5)6)17-16-21(18-10-8-7-9-11-18)27-20-14-12-19(13-15-20)22(23,24)25/h7-15,21H,16-17H2,1-6H3. The maximum absolute atomic E-state index is 12.8. The molecule has 0 N–H and O–H groups in total. The molecule has 1 unspecified atom stereocenters. The van der Waals surface area contributed by atoms with Gasteiger partial charge in [0.1, 0.15) is 28.3 Å². The van der Waals surface area contributed by atoms with E-state index < -0.39 is 28.2 Å². The van der Waals surface area contributed by atoms with Crippen molar-refractivity contribution in [3.05, 3.63) is 65.7 Å². The van der Waals surface area contributed by atoms with Gasteiger partial charge in [0.15, 0.2) is 0 Å². The Hall–Kier alpha value is -1.58. The molecule has 7 heteroatoms. The molecule has 0 spiro atoms. The van der Waals surface area contributed by atoms with Crippen molar-refractivity contribution in [2.24, 2.45) is 0 Å². The van der Waals surface area contributed by atoms with Crippen molar-refractivity contribution in [1.82, 2.24) is 4.23 Å². The summed E-state index contributed by atoms with van der Waals surface area (Å²) in [5, 5.41) is 0. The molecule has 1 atom stereocenters. The Balaban J connectivity index is 2.22. The van der Waals surface area contributed by atoms with E-state index in [1.54, 1.807) is 0 Å². The molecule has 2 rings (SSSR count). The molecule has 0 amide bonds. The fourth-order valence-corrected chi connectivity index (χ4v) is 13.4. The molecule has 0 aliphatic heterocycles. The summed E-state index contributed by atoms with van der Waals surface area (Å²) < 4.78 is 47.4. The zero-order valence-corrected chi connectivity index (χ0v) is 20.2. The highest BCUT2D eigenvalue weighted by molar-refractivity contribution is 6.89. The highest BCUT2D eigenvalue weighted by Crippen LogP contribution is 2.32. The molecule has 0 radical (unpaired) electrons. The van der Waals surface area contributed by atoms with Gasteiger partial charge in [0.2, 0.25) is 0 Å². The van der Waals surface area contributed by atoms with Crippen molar-refractivity contribution in [2.75, 3.05) is 6.54 Å². The topological polar surface area (TPSA) is 12.5 Å². The van der Waals surface area contributed by atoms with Gasteiger partial charge in [-0.2, -0.15) is 13.2 Å². The van der Waals surface area contributed by atoms with Gasteiger partial charge in [-0.15, -0.1) is 0 Å². The lowest BCUT2D eigenvalue weighted by Crippen LogP contribution is -2.59. The first-order chi connectivity index (χ1) is 13.3. The summed E-state index contributed by atoms with van der Waals surface area (Å²) in [6.07, 6.45) is -3.75. The van der Waals surface area contributed by atoms with E-state index >= 15 is 0 Å². The normalized spacial score (nSPS) is 14.1. The molecule has 2 aromatic rings. The molecular weight excluding hydrogens is 407 g/mol. The van der Waals surface area contributed by atoms with Gasteiger partial charge in [-0.3, -0.25) is 0 Å². The molecule has 0 aliphatic rings. The zero-order chi connectivity index (χ0) is 21.9. The third-order valence-electron chi connectivity index (χ3n) is 4.87. The van der Waals surface area contributed by atoms with Crippen molar-refractivity contribution in [1.29, 1.82) is 0 Å². The number of benzene rings is 2. The lowest BCUT2D eigenvalue weighted by atomic mass is 10.1. The Bertz CT molecular complexity index is 752. The molecule has 0 fully saturated rings.